The SMILES string of the molecule is CCCC(C)OC(=O)[C@H]1COC(C2(C3=N[C@@H](C(=O)OC(C)CCC)CO3)CCC2)=N1. The van der Waals surface area contributed by atoms with Gasteiger partial charge in [0.15, 0.2) is 23.9 Å². The second-order valence-corrected chi connectivity index (χ2v) is 8.53. The van der Waals surface area contributed by atoms with Crippen LogP contribution in [0.1, 0.15) is 72.6 Å². The van der Waals surface area contributed by atoms with Crippen molar-refractivity contribution in [1.29, 1.82) is 0 Å². The lowest BCUT2D eigenvalue weighted by Crippen LogP contribution is -2.45. The molecular formula is C22H34N2O6. The van der Waals surface area contributed by atoms with E-state index in [1.165, 1.54) is 0 Å². The highest BCUT2D eigenvalue weighted by molar-refractivity contribution is 6.08. The molecule has 30 heavy (non-hydrogen) atoms. The molecule has 0 spiro atoms. The molecule has 8 heteroatoms. The number of aliphatic imine (C=N–C) groups is 2. The number of hydrogen-bond acceptors (Lipinski definition) is 8. The molecule has 0 aromatic rings. The van der Waals surface area contributed by atoms with Gasteiger partial charge in [0.1, 0.15) is 18.6 Å². The summed E-state index contributed by atoms with van der Waals surface area (Å²) in [6, 6.07) is -1.32. The lowest BCUT2D eigenvalue weighted by Gasteiger charge is -2.39. The molecule has 1 aliphatic carbocycles. The van der Waals surface area contributed by atoms with Crippen molar-refractivity contribution in [3.05, 3.63) is 0 Å². The minimum Gasteiger partial charge on any atom is -0.477 e. The predicted molar refractivity (Wildman–Crippen MR) is 112 cm³/mol. The van der Waals surface area contributed by atoms with Crippen LogP contribution in [0.2, 0.25) is 0 Å². The molecule has 1 saturated carbocycles. The van der Waals surface area contributed by atoms with E-state index in [1.807, 2.05) is 13.8 Å². The van der Waals surface area contributed by atoms with Crippen LogP contribution >= 0.6 is 0 Å². The summed E-state index contributed by atoms with van der Waals surface area (Å²) in [6.07, 6.45) is 5.79. The fourth-order valence-corrected chi connectivity index (χ4v) is 4.05. The molecule has 0 N–H and O–H groups in total. The Morgan fingerprint density at radius 1 is 0.933 bits per heavy atom. The summed E-state index contributed by atoms with van der Waals surface area (Å²) >= 11 is 0. The topological polar surface area (TPSA) is 95.8 Å². The number of nitrogens with zero attached hydrogens (tertiary/aromatic N) is 2. The van der Waals surface area contributed by atoms with Gasteiger partial charge in [-0.3, -0.25) is 0 Å². The summed E-state index contributed by atoms with van der Waals surface area (Å²) in [5.41, 5.74) is -0.575. The number of hydrogen-bond donors (Lipinski definition) is 0. The first-order chi connectivity index (χ1) is 14.4. The molecule has 168 valence electrons. The van der Waals surface area contributed by atoms with E-state index < -0.39 is 17.5 Å². The molecule has 3 rings (SSSR count). The Morgan fingerprint density at radius 2 is 1.37 bits per heavy atom. The molecule has 0 bridgehead atoms. The quantitative estimate of drug-likeness (QED) is 0.502. The Balaban J connectivity index is 1.66. The number of esters is 2. The first kappa shape index (κ1) is 22.6. The van der Waals surface area contributed by atoms with Gasteiger partial charge in [-0.1, -0.05) is 33.1 Å². The maximum absolute atomic E-state index is 12.4. The van der Waals surface area contributed by atoms with E-state index >= 15 is 0 Å². The van der Waals surface area contributed by atoms with Crippen LogP contribution in [0, 0.1) is 5.41 Å². The van der Waals surface area contributed by atoms with E-state index in [2.05, 4.69) is 23.8 Å². The molecule has 0 saturated heterocycles. The second kappa shape index (κ2) is 9.79. The summed E-state index contributed by atoms with van der Waals surface area (Å²) < 4.78 is 22.6. The number of rotatable bonds is 10. The molecule has 0 aromatic heterocycles. The van der Waals surface area contributed by atoms with Gasteiger partial charge in [0, 0.05) is 0 Å². The van der Waals surface area contributed by atoms with Gasteiger partial charge >= 0.3 is 11.9 Å². The van der Waals surface area contributed by atoms with Gasteiger partial charge in [-0.25, -0.2) is 19.6 Å². The first-order valence-corrected chi connectivity index (χ1v) is 11.2. The van der Waals surface area contributed by atoms with Crippen LogP contribution in [0.15, 0.2) is 9.98 Å². The molecular weight excluding hydrogens is 388 g/mol. The van der Waals surface area contributed by atoms with E-state index in [-0.39, 0.29) is 37.4 Å². The van der Waals surface area contributed by atoms with Gasteiger partial charge in [-0.15, -0.1) is 0 Å². The summed E-state index contributed by atoms with van der Waals surface area (Å²) in [6.45, 7) is 8.21. The van der Waals surface area contributed by atoms with E-state index in [0.29, 0.717) is 11.8 Å². The van der Waals surface area contributed by atoms with Gasteiger partial charge in [0.05, 0.1) is 12.2 Å². The van der Waals surface area contributed by atoms with Crippen molar-refractivity contribution in [2.75, 3.05) is 13.2 Å². The fourth-order valence-electron chi connectivity index (χ4n) is 4.05. The molecule has 1 fully saturated rings. The van der Waals surface area contributed by atoms with Gasteiger partial charge in [0.2, 0.25) is 0 Å². The summed E-state index contributed by atoms with van der Waals surface area (Å²) in [5.74, 6) is 0.235. The van der Waals surface area contributed by atoms with Crippen molar-refractivity contribution in [2.24, 2.45) is 15.4 Å². The van der Waals surface area contributed by atoms with Crippen molar-refractivity contribution in [1.82, 2.24) is 0 Å². The van der Waals surface area contributed by atoms with E-state index in [1.54, 1.807) is 0 Å². The molecule has 8 nitrogen and oxygen atoms in total. The molecule has 2 unspecified atom stereocenters. The Labute approximate surface area is 178 Å². The molecule has 4 atom stereocenters. The Morgan fingerprint density at radius 3 is 1.70 bits per heavy atom. The van der Waals surface area contributed by atoms with Crippen LogP contribution in [0.25, 0.3) is 0 Å². The lowest BCUT2D eigenvalue weighted by molar-refractivity contribution is -0.151. The van der Waals surface area contributed by atoms with Crippen molar-refractivity contribution in [2.45, 2.75) is 96.9 Å². The first-order valence-electron chi connectivity index (χ1n) is 11.2. The van der Waals surface area contributed by atoms with Crippen LogP contribution in [0.4, 0.5) is 0 Å². The average molecular weight is 423 g/mol. The van der Waals surface area contributed by atoms with Crippen molar-refractivity contribution in [3.63, 3.8) is 0 Å². The van der Waals surface area contributed by atoms with Crippen molar-refractivity contribution >= 4 is 23.7 Å². The molecule has 2 heterocycles. The number of carbonyl (C=O) groups is 2. The van der Waals surface area contributed by atoms with E-state index in [9.17, 15) is 9.59 Å². The van der Waals surface area contributed by atoms with E-state index in [4.69, 9.17) is 18.9 Å². The van der Waals surface area contributed by atoms with Crippen LogP contribution in [-0.2, 0) is 28.5 Å². The highest BCUT2D eigenvalue weighted by atomic mass is 16.6. The minimum absolute atomic E-state index is 0.135. The van der Waals surface area contributed by atoms with Gasteiger partial charge < -0.3 is 18.9 Å². The zero-order chi connectivity index (χ0) is 21.7. The fraction of sp³-hybridized carbons (Fsp3) is 0.818. The highest BCUT2D eigenvalue weighted by Crippen LogP contribution is 2.46. The van der Waals surface area contributed by atoms with Gasteiger partial charge in [-0.05, 0) is 39.5 Å². The monoisotopic (exact) mass is 422 g/mol. The highest BCUT2D eigenvalue weighted by Gasteiger charge is 2.54. The smallest absolute Gasteiger partial charge is 0.334 e. The third kappa shape index (κ3) is 4.78. The second-order valence-electron chi connectivity index (χ2n) is 8.53. The maximum Gasteiger partial charge on any atom is 0.334 e. The van der Waals surface area contributed by atoms with Crippen LogP contribution in [0.3, 0.4) is 0 Å². The third-order valence-corrected chi connectivity index (χ3v) is 5.90. The zero-order valence-electron chi connectivity index (χ0n) is 18.5. The number of ether oxygens (including phenoxy) is 4. The number of carbonyl (C=O) groups excluding carboxylic acids is 2. The summed E-state index contributed by atoms with van der Waals surface area (Å²) in [5, 5.41) is 0. The largest absolute Gasteiger partial charge is 0.477 e. The minimum atomic E-state index is -0.658. The van der Waals surface area contributed by atoms with Crippen LogP contribution in [-0.4, -0.2) is 61.2 Å². The average Bonchev–Trinajstić information content (AvgIpc) is 3.32. The Hall–Kier alpha value is -2.12. The van der Waals surface area contributed by atoms with Crippen LogP contribution in [0.5, 0.6) is 0 Å². The lowest BCUT2D eigenvalue weighted by atomic mass is 9.68. The van der Waals surface area contributed by atoms with E-state index in [0.717, 1.165) is 44.9 Å². The summed E-state index contributed by atoms with van der Waals surface area (Å²) in [4.78, 5) is 33.8. The predicted octanol–water partition coefficient (Wildman–Crippen LogP) is 3.21. The Bertz CT molecular complexity index is 646. The zero-order valence-corrected chi connectivity index (χ0v) is 18.5. The molecule has 3 aliphatic rings. The molecule has 2 aliphatic heterocycles. The van der Waals surface area contributed by atoms with Crippen molar-refractivity contribution in [3.8, 4) is 0 Å². The van der Waals surface area contributed by atoms with Crippen molar-refractivity contribution < 1.29 is 28.5 Å². The molecule has 0 radical (unpaired) electrons. The molecule has 0 amide bonds. The molecule has 0 aromatic carbocycles. The van der Waals surface area contributed by atoms with Gasteiger partial charge in [0.25, 0.3) is 0 Å². The summed E-state index contributed by atoms with van der Waals surface area (Å²) in [7, 11) is 0. The van der Waals surface area contributed by atoms with Crippen LogP contribution < -0.4 is 0 Å². The van der Waals surface area contributed by atoms with Gasteiger partial charge in [-0.2, -0.15) is 0 Å². The maximum atomic E-state index is 12.4. The third-order valence-electron chi connectivity index (χ3n) is 5.90. The Kier molecular flexibility index (Phi) is 7.36. The normalized spacial score (nSPS) is 26.4. The standard InChI is InChI=1S/C22H34N2O6/c1-5-8-14(3)29-18(25)16-12-27-20(23-16)22(10-7-11-22)21-24-17(13-28-21)19(26)30-15(4)9-6-2/h14-17H,5-13H2,1-4H3/t14?,15?,16-,17-/m1/s1.